The smallest absolute Gasteiger partial charge is 0.0760 e. The Labute approximate surface area is 96.1 Å². The van der Waals surface area contributed by atoms with E-state index in [0.29, 0.717) is 0 Å². The van der Waals surface area contributed by atoms with Crippen LogP contribution in [0.3, 0.4) is 0 Å². The summed E-state index contributed by atoms with van der Waals surface area (Å²) in [6.45, 7) is 3.05. The second-order valence-electron chi connectivity index (χ2n) is 3.57. The Kier molecular flexibility index (Phi) is 5.15. The first-order valence-corrected chi connectivity index (χ1v) is 6.59. The van der Waals surface area contributed by atoms with E-state index in [0.717, 1.165) is 17.9 Å². The zero-order chi connectivity index (χ0) is 11.1. The Morgan fingerprint density at radius 3 is 2.47 bits per heavy atom. The highest BCUT2D eigenvalue weighted by molar-refractivity contribution is 7.98. The summed E-state index contributed by atoms with van der Waals surface area (Å²) in [6, 6.07) is 10.1. The highest BCUT2D eigenvalue weighted by atomic mass is 32.2. The Hall–Kier alpha value is -0.510. The fourth-order valence-corrected chi connectivity index (χ4v) is 2.62. The Balaban J connectivity index is 2.97. The summed E-state index contributed by atoms with van der Waals surface area (Å²) in [7, 11) is 0. The minimum Gasteiger partial charge on any atom is -0.394 e. The molecule has 1 aromatic carbocycles. The summed E-state index contributed by atoms with van der Waals surface area (Å²) in [5.74, 6) is 0.876. The molecule has 0 saturated heterocycles. The van der Waals surface area contributed by atoms with Gasteiger partial charge < -0.3 is 10.4 Å². The molecule has 0 spiro atoms. The van der Waals surface area contributed by atoms with E-state index in [9.17, 15) is 5.11 Å². The Morgan fingerprint density at radius 2 is 2.00 bits per heavy atom. The molecule has 1 atom stereocenters. The lowest BCUT2D eigenvalue weighted by Gasteiger charge is -2.32. The van der Waals surface area contributed by atoms with Crippen molar-refractivity contribution in [1.29, 1.82) is 0 Å². The van der Waals surface area contributed by atoms with Gasteiger partial charge in [0.05, 0.1) is 12.1 Å². The average Bonchev–Trinajstić information content (AvgIpc) is 2.30. The first-order chi connectivity index (χ1) is 7.29. The standard InChI is InChI=1S/C12H19NOS/c1-3-13-12(9-14,10-15-2)11-7-5-4-6-8-11/h4-8,13-14H,3,9-10H2,1-2H3. The SMILES string of the molecule is CCNC(CO)(CSC)c1ccccc1. The van der Waals surface area contributed by atoms with E-state index in [1.54, 1.807) is 11.8 Å². The van der Waals surface area contributed by atoms with Crippen molar-refractivity contribution in [2.75, 3.05) is 25.2 Å². The number of hydrogen-bond acceptors (Lipinski definition) is 3. The van der Waals surface area contributed by atoms with Crippen LogP contribution in [0.5, 0.6) is 0 Å². The van der Waals surface area contributed by atoms with Crippen LogP contribution in [0, 0.1) is 0 Å². The molecule has 84 valence electrons. The van der Waals surface area contributed by atoms with E-state index in [1.807, 2.05) is 18.2 Å². The largest absolute Gasteiger partial charge is 0.394 e. The molecule has 0 aromatic heterocycles. The molecule has 1 rings (SSSR count). The lowest BCUT2D eigenvalue weighted by Crippen LogP contribution is -2.47. The van der Waals surface area contributed by atoms with Gasteiger partial charge >= 0.3 is 0 Å². The maximum Gasteiger partial charge on any atom is 0.0760 e. The van der Waals surface area contributed by atoms with Crippen molar-refractivity contribution in [1.82, 2.24) is 5.32 Å². The number of likely N-dealkylation sites (N-methyl/N-ethyl adjacent to an activating group) is 1. The molecule has 2 N–H and O–H groups in total. The van der Waals surface area contributed by atoms with Gasteiger partial charge in [-0.25, -0.2) is 0 Å². The Morgan fingerprint density at radius 1 is 1.33 bits per heavy atom. The summed E-state index contributed by atoms with van der Waals surface area (Å²) in [4.78, 5) is 0. The number of nitrogens with one attached hydrogen (secondary N) is 1. The number of benzene rings is 1. The van der Waals surface area contributed by atoms with Gasteiger partial charge in [0, 0.05) is 5.75 Å². The predicted octanol–water partition coefficient (Wildman–Crippen LogP) is 1.85. The van der Waals surface area contributed by atoms with Crippen molar-refractivity contribution < 1.29 is 5.11 Å². The van der Waals surface area contributed by atoms with Crippen molar-refractivity contribution in [3.63, 3.8) is 0 Å². The molecule has 0 aliphatic rings. The number of hydrogen-bond donors (Lipinski definition) is 2. The molecule has 0 radical (unpaired) electrons. The van der Waals surface area contributed by atoms with E-state index in [1.165, 1.54) is 0 Å². The van der Waals surface area contributed by atoms with E-state index >= 15 is 0 Å². The summed E-state index contributed by atoms with van der Waals surface area (Å²) in [6.07, 6.45) is 2.06. The lowest BCUT2D eigenvalue weighted by atomic mass is 9.92. The number of aliphatic hydroxyl groups excluding tert-OH is 1. The average molecular weight is 225 g/mol. The van der Waals surface area contributed by atoms with Crippen LogP contribution in [0.4, 0.5) is 0 Å². The van der Waals surface area contributed by atoms with Crippen molar-refractivity contribution >= 4 is 11.8 Å². The predicted molar refractivity (Wildman–Crippen MR) is 67.3 cm³/mol. The van der Waals surface area contributed by atoms with Crippen molar-refractivity contribution in [3.8, 4) is 0 Å². The summed E-state index contributed by atoms with van der Waals surface area (Å²) in [5, 5.41) is 13.0. The van der Waals surface area contributed by atoms with E-state index < -0.39 is 0 Å². The highest BCUT2D eigenvalue weighted by Crippen LogP contribution is 2.24. The summed E-state index contributed by atoms with van der Waals surface area (Å²) in [5.41, 5.74) is 0.860. The molecular weight excluding hydrogens is 206 g/mol. The number of aliphatic hydroxyl groups is 1. The molecule has 1 aromatic rings. The highest BCUT2D eigenvalue weighted by Gasteiger charge is 2.29. The molecule has 0 saturated carbocycles. The van der Waals surface area contributed by atoms with Crippen LogP contribution in [-0.2, 0) is 5.54 Å². The molecule has 0 aliphatic carbocycles. The second kappa shape index (κ2) is 6.16. The minimum atomic E-state index is -0.296. The normalized spacial score (nSPS) is 14.9. The molecular formula is C12H19NOS. The zero-order valence-corrected chi connectivity index (χ0v) is 10.2. The summed E-state index contributed by atoms with van der Waals surface area (Å²) < 4.78 is 0. The molecule has 0 amide bonds. The van der Waals surface area contributed by atoms with Crippen LogP contribution in [0.15, 0.2) is 30.3 Å². The second-order valence-corrected chi connectivity index (χ2v) is 4.44. The maximum absolute atomic E-state index is 9.62. The topological polar surface area (TPSA) is 32.3 Å². The Bertz CT molecular complexity index is 270. The molecule has 3 heteroatoms. The molecule has 15 heavy (non-hydrogen) atoms. The third-order valence-electron chi connectivity index (χ3n) is 2.50. The molecule has 2 nitrogen and oxygen atoms in total. The van der Waals surface area contributed by atoms with Crippen LogP contribution in [0.1, 0.15) is 12.5 Å². The third-order valence-corrected chi connectivity index (χ3v) is 3.28. The molecule has 0 heterocycles. The third kappa shape index (κ3) is 2.97. The molecule has 1 unspecified atom stereocenters. The molecule has 0 fully saturated rings. The fourth-order valence-electron chi connectivity index (χ4n) is 1.77. The van der Waals surface area contributed by atoms with Gasteiger partial charge in [0.25, 0.3) is 0 Å². The van der Waals surface area contributed by atoms with Gasteiger partial charge in [0.1, 0.15) is 0 Å². The van der Waals surface area contributed by atoms with Gasteiger partial charge in [-0.05, 0) is 18.4 Å². The van der Waals surface area contributed by atoms with Gasteiger partial charge in [0.15, 0.2) is 0 Å². The van der Waals surface area contributed by atoms with Gasteiger partial charge in [-0.2, -0.15) is 11.8 Å². The van der Waals surface area contributed by atoms with Gasteiger partial charge in [-0.3, -0.25) is 0 Å². The van der Waals surface area contributed by atoms with E-state index in [2.05, 4.69) is 30.6 Å². The van der Waals surface area contributed by atoms with Crippen LogP contribution < -0.4 is 5.32 Å². The fraction of sp³-hybridized carbons (Fsp3) is 0.500. The summed E-state index contributed by atoms with van der Waals surface area (Å²) >= 11 is 1.75. The number of rotatable bonds is 6. The molecule has 0 aliphatic heterocycles. The van der Waals surface area contributed by atoms with E-state index in [-0.39, 0.29) is 12.1 Å². The maximum atomic E-state index is 9.62. The van der Waals surface area contributed by atoms with Crippen molar-refractivity contribution in [3.05, 3.63) is 35.9 Å². The van der Waals surface area contributed by atoms with E-state index in [4.69, 9.17) is 0 Å². The molecule has 0 bridgehead atoms. The minimum absolute atomic E-state index is 0.131. The van der Waals surface area contributed by atoms with Crippen molar-refractivity contribution in [2.45, 2.75) is 12.5 Å². The van der Waals surface area contributed by atoms with Crippen LogP contribution in [0.2, 0.25) is 0 Å². The lowest BCUT2D eigenvalue weighted by molar-refractivity contribution is 0.181. The number of thioether (sulfide) groups is 1. The van der Waals surface area contributed by atoms with Gasteiger partial charge in [0.2, 0.25) is 0 Å². The van der Waals surface area contributed by atoms with Crippen LogP contribution in [-0.4, -0.2) is 30.3 Å². The van der Waals surface area contributed by atoms with Crippen LogP contribution >= 0.6 is 11.8 Å². The quantitative estimate of drug-likeness (QED) is 0.775. The first kappa shape index (κ1) is 12.6. The monoisotopic (exact) mass is 225 g/mol. The van der Waals surface area contributed by atoms with Crippen molar-refractivity contribution in [2.24, 2.45) is 0 Å². The van der Waals surface area contributed by atoms with Gasteiger partial charge in [-0.1, -0.05) is 37.3 Å². The zero-order valence-electron chi connectivity index (χ0n) is 9.36. The van der Waals surface area contributed by atoms with Gasteiger partial charge in [-0.15, -0.1) is 0 Å². The first-order valence-electron chi connectivity index (χ1n) is 5.19. The van der Waals surface area contributed by atoms with Crippen LogP contribution in [0.25, 0.3) is 0 Å².